The highest BCUT2D eigenvalue weighted by Crippen LogP contribution is 2.14. The summed E-state index contributed by atoms with van der Waals surface area (Å²) >= 11 is 0. The lowest BCUT2D eigenvalue weighted by Gasteiger charge is -2.08. The van der Waals surface area contributed by atoms with E-state index in [0.29, 0.717) is 0 Å². The molecule has 0 aliphatic heterocycles. The molecule has 13 heavy (non-hydrogen) atoms. The first kappa shape index (κ1) is 9.93. The van der Waals surface area contributed by atoms with Crippen LogP contribution in [0.4, 0.5) is 0 Å². The minimum absolute atomic E-state index is 0.142. The van der Waals surface area contributed by atoms with E-state index in [4.69, 9.17) is 0 Å². The lowest BCUT2D eigenvalue weighted by molar-refractivity contribution is 0.101. The summed E-state index contributed by atoms with van der Waals surface area (Å²) in [4.78, 5) is 11.3. The Morgan fingerprint density at radius 1 is 1.46 bits per heavy atom. The van der Waals surface area contributed by atoms with Crippen LogP contribution < -0.4 is 5.32 Å². The van der Waals surface area contributed by atoms with E-state index in [1.54, 1.807) is 6.92 Å². The first-order valence-electron chi connectivity index (χ1n) is 4.41. The molecule has 1 rings (SSSR count). The number of carbonyl (C=O) groups excluding carboxylic acids is 1. The molecule has 0 heterocycles. The van der Waals surface area contributed by atoms with E-state index in [1.807, 2.05) is 32.2 Å². The van der Waals surface area contributed by atoms with Crippen LogP contribution in [0.3, 0.4) is 0 Å². The van der Waals surface area contributed by atoms with Crippen molar-refractivity contribution in [2.24, 2.45) is 0 Å². The summed E-state index contributed by atoms with van der Waals surface area (Å²) in [5.74, 6) is 0.142. The highest BCUT2D eigenvalue weighted by molar-refractivity contribution is 5.96. The number of hydrogen-bond donors (Lipinski definition) is 1. The molecule has 0 atom stereocenters. The zero-order valence-corrected chi connectivity index (χ0v) is 8.35. The van der Waals surface area contributed by atoms with Gasteiger partial charge in [-0.15, -0.1) is 0 Å². The van der Waals surface area contributed by atoms with E-state index in [-0.39, 0.29) is 5.78 Å². The summed E-state index contributed by atoms with van der Waals surface area (Å²) in [6.07, 6.45) is 0. The highest BCUT2D eigenvalue weighted by atomic mass is 16.1. The molecule has 70 valence electrons. The Hall–Kier alpha value is -1.15. The maximum absolute atomic E-state index is 11.3. The molecule has 1 aromatic rings. The molecule has 2 heteroatoms. The smallest absolute Gasteiger partial charge is 0.160 e. The first-order chi connectivity index (χ1) is 6.16. The van der Waals surface area contributed by atoms with E-state index in [2.05, 4.69) is 5.32 Å². The molecule has 0 bridgehead atoms. The van der Waals surface area contributed by atoms with Gasteiger partial charge in [-0.2, -0.15) is 0 Å². The number of aryl methyl sites for hydroxylation is 1. The summed E-state index contributed by atoms with van der Waals surface area (Å²) in [7, 11) is 1.88. The number of carbonyl (C=O) groups is 1. The number of Topliss-reactive ketones (excluding diaryl/α,β-unsaturated/α-hetero) is 1. The predicted octanol–water partition coefficient (Wildman–Crippen LogP) is 1.92. The zero-order valence-electron chi connectivity index (χ0n) is 8.35. The zero-order chi connectivity index (χ0) is 9.84. The molecular weight excluding hydrogens is 162 g/mol. The monoisotopic (exact) mass is 177 g/mol. The van der Waals surface area contributed by atoms with Gasteiger partial charge in [-0.05, 0) is 32.0 Å². The maximum Gasteiger partial charge on any atom is 0.160 e. The van der Waals surface area contributed by atoms with E-state index < -0.39 is 0 Å². The van der Waals surface area contributed by atoms with Crippen molar-refractivity contribution < 1.29 is 4.79 Å². The van der Waals surface area contributed by atoms with Crippen molar-refractivity contribution in [2.45, 2.75) is 20.4 Å². The minimum atomic E-state index is 0.142. The summed E-state index contributed by atoms with van der Waals surface area (Å²) < 4.78 is 0. The fourth-order valence-electron chi connectivity index (χ4n) is 1.57. The number of hydrogen-bond acceptors (Lipinski definition) is 2. The third-order valence-electron chi connectivity index (χ3n) is 2.08. The van der Waals surface area contributed by atoms with Crippen LogP contribution in [0.25, 0.3) is 0 Å². The third-order valence-corrected chi connectivity index (χ3v) is 2.08. The van der Waals surface area contributed by atoms with Gasteiger partial charge >= 0.3 is 0 Å². The van der Waals surface area contributed by atoms with Crippen LogP contribution in [0.15, 0.2) is 18.2 Å². The van der Waals surface area contributed by atoms with Gasteiger partial charge in [-0.3, -0.25) is 4.79 Å². The molecule has 0 spiro atoms. The van der Waals surface area contributed by atoms with Crippen LogP contribution in [0, 0.1) is 6.92 Å². The van der Waals surface area contributed by atoms with Gasteiger partial charge in [0.1, 0.15) is 0 Å². The van der Waals surface area contributed by atoms with Gasteiger partial charge in [-0.25, -0.2) is 0 Å². The van der Waals surface area contributed by atoms with E-state index in [0.717, 1.165) is 23.2 Å². The largest absolute Gasteiger partial charge is 0.316 e. The molecule has 0 radical (unpaired) electrons. The summed E-state index contributed by atoms with van der Waals surface area (Å²) in [6.45, 7) is 4.33. The van der Waals surface area contributed by atoms with Crippen molar-refractivity contribution >= 4 is 5.78 Å². The van der Waals surface area contributed by atoms with Gasteiger partial charge in [0.2, 0.25) is 0 Å². The summed E-state index contributed by atoms with van der Waals surface area (Å²) in [5, 5.41) is 3.05. The second-order valence-electron chi connectivity index (χ2n) is 3.20. The van der Waals surface area contributed by atoms with Crippen LogP contribution in [0.2, 0.25) is 0 Å². The Morgan fingerprint density at radius 3 is 2.69 bits per heavy atom. The lowest BCUT2D eigenvalue weighted by atomic mass is 9.99. The van der Waals surface area contributed by atoms with Crippen LogP contribution in [-0.2, 0) is 6.54 Å². The Labute approximate surface area is 79.0 Å². The fraction of sp³-hybridized carbons (Fsp3) is 0.364. The van der Waals surface area contributed by atoms with Gasteiger partial charge < -0.3 is 5.32 Å². The van der Waals surface area contributed by atoms with Crippen LogP contribution in [0.1, 0.15) is 28.4 Å². The molecule has 0 aliphatic carbocycles. The normalized spacial score (nSPS) is 10.1. The van der Waals surface area contributed by atoms with Crippen LogP contribution in [0.5, 0.6) is 0 Å². The van der Waals surface area contributed by atoms with Crippen LogP contribution in [-0.4, -0.2) is 12.8 Å². The molecular formula is C11H15NO. The maximum atomic E-state index is 11.3. The van der Waals surface area contributed by atoms with Gasteiger partial charge in [0.15, 0.2) is 5.78 Å². The molecule has 0 fully saturated rings. The van der Waals surface area contributed by atoms with Gasteiger partial charge in [0, 0.05) is 12.1 Å². The molecule has 0 amide bonds. The number of rotatable bonds is 3. The third kappa shape index (κ3) is 2.16. The molecule has 0 unspecified atom stereocenters. The second-order valence-corrected chi connectivity index (χ2v) is 3.20. The molecule has 1 N–H and O–H groups in total. The second kappa shape index (κ2) is 4.19. The van der Waals surface area contributed by atoms with Crippen molar-refractivity contribution in [1.82, 2.24) is 5.32 Å². The van der Waals surface area contributed by atoms with Crippen LogP contribution >= 0.6 is 0 Å². The quantitative estimate of drug-likeness (QED) is 0.715. The highest BCUT2D eigenvalue weighted by Gasteiger charge is 2.08. The van der Waals surface area contributed by atoms with Crippen molar-refractivity contribution in [2.75, 3.05) is 7.05 Å². The Balaban J connectivity index is 3.17. The topological polar surface area (TPSA) is 29.1 Å². The average molecular weight is 177 g/mol. The SMILES string of the molecule is CNCc1cccc(C)c1C(C)=O. The van der Waals surface area contributed by atoms with E-state index in [1.165, 1.54) is 0 Å². The summed E-state index contributed by atoms with van der Waals surface area (Å²) in [5.41, 5.74) is 2.99. The van der Waals surface area contributed by atoms with Crippen molar-refractivity contribution in [3.63, 3.8) is 0 Å². The van der Waals surface area contributed by atoms with E-state index >= 15 is 0 Å². The van der Waals surface area contributed by atoms with Crippen molar-refractivity contribution in [3.8, 4) is 0 Å². The minimum Gasteiger partial charge on any atom is -0.316 e. The number of ketones is 1. The molecule has 0 saturated heterocycles. The standard InChI is InChI=1S/C11H15NO/c1-8-5-4-6-10(7-12-3)11(8)9(2)13/h4-6,12H,7H2,1-3H3. The Bertz CT molecular complexity index is 318. The van der Waals surface area contributed by atoms with Crippen molar-refractivity contribution in [1.29, 1.82) is 0 Å². The number of benzene rings is 1. The summed E-state index contributed by atoms with van der Waals surface area (Å²) in [6, 6.07) is 5.94. The Kier molecular flexibility index (Phi) is 3.20. The van der Waals surface area contributed by atoms with Crippen molar-refractivity contribution in [3.05, 3.63) is 34.9 Å². The molecule has 2 nitrogen and oxygen atoms in total. The molecule has 0 aromatic heterocycles. The van der Waals surface area contributed by atoms with E-state index in [9.17, 15) is 4.79 Å². The fourth-order valence-corrected chi connectivity index (χ4v) is 1.57. The predicted molar refractivity (Wildman–Crippen MR) is 53.9 cm³/mol. The van der Waals surface area contributed by atoms with Gasteiger partial charge in [-0.1, -0.05) is 18.2 Å². The molecule has 0 aliphatic rings. The average Bonchev–Trinajstić information content (AvgIpc) is 2.04. The molecule has 0 saturated carbocycles. The van der Waals surface area contributed by atoms with Gasteiger partial charge in [0.25, 0.3) is 0 Å². The lowest BCUT2D eigenvalue weighted by Crippen LogP contribution is -2.10. The van der Waals surface area contributed by atoms with Gasteiger partial charge in [0.05, 0.1) is 0 Å². The Morgan fingerprint density at radius 2 is 2.15 bits per heavy atom. The molecule has 1 aromatic carbocycles. The number of nitrogens with one attached hydrogen (secondary N) is 1. The first-order valence-corrected chi connectivity index (χ1v) is 4.41.